The van der Waals surface area contributed by atoms with Gasteiger partial charge in [0.25, 0.3) is 0 Å². The van der Waals surface area contributed by atoms with Crippen LogP contribution in [0.25, 0.3) is 0 Å². The molecule has 40 atom stereocenters. The lowest BCUT2D eigenvalue weighted by Gasteiger charge is -2.51. The molecule has 0 unspecified atom stereocenters. The van der Waals surface area contributed by atoms with E-state index in [1.807, 2.05) is 0 Å². The van der Waals surface area contributed by atoms with Crippen LogP contribution in [0.3, 0.4) is 0 Å². The highest BCUT2D eigenvalue weighted by Gasteiger charge is 2.60. The molecule has 8 aliphatic heterocycles. The minimum absolute atomic E-state index is 0.765. The van der Waals surface area contributed by atoms with Crippen molar-refractivity contribution in [2.45, 2.75) is 266 Å². The molecule has 0 aromatic rings. The molecular formula is C54H89N3O42. The first kappa shape index (κ1) is 81.1. The van der Waals surface area contributed by atoms with Gasteiger partial charge >= 0.3 is 5.97 Å². The standard InChI is InChI=1S/C54H89N3O42/c1-11(64)55-21-29(72)39(18(8-62)86-47(21)84)93-48-22(56-12(2)65)30(73)40(19(9-63)91-48)94-53-38(81)43(28(71)20(92-53)10-85-50-35(78)31(74)24(67)14(4-58)88-50)97-54-45(33(76)25(68)15(5-59)90-54)99-49-23(57-13(3)66)41(26(69)16(6-60)87-49)95-52-37(80)42(27(70)17(7-61)89-52)96-51-36(79)32(75)34(77)44(98-51)46(82)83/h14-45,47-54,58-63,67-81,84H,4-10H2,1-3H3,(H,55,64)(H,56,65)(H,57,66)(H,82,83)/t14-,15-,16-,17-,18-,19-,20-,21-,22-,23-,24-,25-,26-,27+,28-,29-,30-,31+,32+,33+,34+,35+,36-,37-,38+,39-,40-,41-,42+,43+,44+,45+,47-,48+,49+,50+,51-,52+,53+,54-/m1/s1. The maximum atomic E-state index is 13.1. The van der Waals surface area contributed by atoms with Gasteiger partial charge < -0.3 is 204 Å². The number of nitrogens with one attached hydrogen (secondary N) is 3. The summed E-state index contributed by atoms with van der Waals surface area (Å²) in [6.07, 6.45) is -78.3. The summed E-state index contributed by atoms with van der Waals surface area (Å²) < 4.78 is 87.0. The van der Waals surface area contributed by atoms with Crippen LogP contribution in [-0.4, -0.2) is 433 Å². The average Bonchev–Trinajstić information content (AvgIpc) is 0.771. The summed E-state index contributed by atoms with van der Waals surface area (Å²) >= 11 is 0. The zero-order chi connectivity index (χ0) is 73.1. The summed E-state index contributed by atoms with van der Waals surface area (Å²) in [7, 11) is 0. The number of carboxylic acid groups (broad SMARTS) is 1. The Balaban J connectivity index is 1.10. The minimum atomic E-state index is -2.50. The average molecular weight is 1450 g/mol. The maximum absolute atomic E-state index is 13.1. The van der Waals surface area contributed by atoms with Crippen molar-refractivity contribution >= 4 is 23.7 Å². The zero-order valence-corrected chi connectivity index (χ0v) is 52.6. The highest BCUT2D eigenvalue weighted by Crippen LogP contribution is 2.39. The van der Waals surface area contributed by atoms with Crippen LogP contribution in [0.5, 0.6) is 0 Å². The van der Waals surface area contributed by atoms with Crippen molar-refractivity contribution < 1.29 is 208 Å². The molecule has 0 radical (unpaired) electrons. The molecular weight excluding hydrogens is 1360 g/mol. The van der Waals surface area contributed by atoms with Crippen molar-refractivity contribution in [1.82, 2.24) is 16.0 Å². The second kappa shape index (κ2) is 35.0. The Bertz CT molecular complexity index is 2600. The molecule has 45 nitrogen and oxygen atoms in total. The maximum Gasteiger partial charge on any atom is 0.335 e. The van der Waals surface area contributed by atoms with E-state index in [-0.39, 0.29) is 0 Å². The molecule has 0 aliphatic carbocycles. The van der Waals surface area contributed by atoms with Crippen LogP contribution in [0.15, 0.2) is 0 Å². The van der Waals surface area contributed by atoms with E-state index in [9.17, 15) is 137 Å². The molecule has 8 aliphatic rings. The molecule has 8 rings (SSSR count). The van der Waals surface area contributed by atoms with Gasteiger partial charge in [0.1, 0.15) is 189 Å². The first-order valence-electron chi connectivity index (χ1n) is 31.1. The van der Waals surface area contributed by atoms with Crippen LogP contribution in [0.1, 0.15) is 20.8 Å². The monoisotopic (exact) mass is 1450 g/mol. The third-order valence-corrected chi connectivity index (χ3v) is 17.8. The summed E-state index contributed by atoms with van der Waals surface area (Å²) in [5, 5.41) is 259. The fraction of sp³-hybridized carbons (Fsp3) is 0.926. The summed E-state index contributed by atoms with van der Waals surface area (Å²) in [6.45, 7) is -4.69. The van der Waals surface area contributed by atoms with Crippen LogP contribution in [-0.2, 0) is 90.2 Å². The number of hydrogen-bond donors (Lipinski definition) is 26. The van der Waals surface area contributed by atoms with Crippen LogP contribution < -0.4 is 16.0 Å². The van der Waals surface area contributed by atoms with Gasteiger partial charge in [-0.15, -0.1) is 0 Å². The molecule has 8 heterocycles. The molecule has 26 N–H and O–H groups in total. The van der Waals surface area contributed by atoms with E-state index in [0.717, 1.165) is 20.8 Å². The number of carbonyl (C=O) groups is 4. The number of amides is 3. The van der Waals surface area contributed by atoms with E-state index in [1.165, 1.54) is 0 Å². The first-order valence-corrected chi connectivity index (χ1v) is 31.1. The van der Waals surface area contributed by atoms with Crippen LogP contribution in [0.2, 0.25) is 0 Å². The second-order valence-electron chi connectivity index (χ2n) is 24.7. The van der Waals surface area contributed by atoms with Crippen LogP contribution in [0, 0.1) is 0 Å². The molecule has 8 fully saturated rings. The van der Waals surface area contributed by atoms with Gasteiger partial charge in [-0.25, -0.2) is 4.79 Å². The Morgan fingerprint density at radius 1 is 0.293 bits per heavy atom. The largest absolute Gasteiger partial charge is 0.479 e. The van der Waals surface area contributed by atoms with Crippen molar-refractivity contribution in [2.75, 3.05) is 46.2 Å². The molecule has 3 amide bonds. The van der Waals surface area contributed by atoms with Gasteiger partial charge in [0.05, 0.1) is 46.2 Å². The fourth-order valence-corrected chi connectivity index (χ4v) is 12.6. The Kier molecular flexibility index (Phi) is 28.7. The van der Waals surface area contributed by atoms with Gasteiger partial charge in [0.2, 0.25) is 17.7 Å². The number of aliphatic hydroxyl groups is 22. The number of ether oxygens (including phenoxy) is 15. The number of hydrogen-bond acceptors (Lipinski definition) is 41. The SMILES string of the molecule is CC(=O)N[C@@H]1[C@@H](O)[C@H](O[C@@H]2O[C@H](CO)[C@@H](O[C@@H]3O[C@H](CO[C@H]4O[C@H](CO)[C@@H](O)[C@H](O)[C@@H]4O)[C@@H](O)[C@H](O[C@H]4O[C@H](CO)[C@@H](O)[C@H](O)[C@@H]4O[C@@H]4O[C@H](CO)[C@@H](O)[C@H](O[C@@H]5O[C@H](CO)[C@H](O)[C@H](O[C@@H]6O[C@H](C(=O)O)[C@@H](O)[C@H](O)[C@H]6O)[C@H]5O)[C@H]4NC(C)=O)[C@@H]3O)[C@H](O)[C@H]2NC(C)=O)[C@@H](CO)O[C@H]1O. The number of rotatable bonds is 25. The van der Waals surface area contributed by atoms with Gasteiger partial charge in [-0.2, -0.15) is 0 Å². The molecule has 0 bridgehead atoms. The molecule has 99 heavy (non-hydrogen) atoms. The smallest absolute Gasteiger partial charge is 0.335 e. The van der Waals surface area contributed by atoms with Crippen molar-refractivity contribution in [3.8, 4) is 0 Å². The molecule has 0 aromatic heterocycles. The lowest BCUT2D eigenvalue weighted by molar-refractivity contribution is -0.398. The van der Waals surface area contributed by atoms with Crippen molar-refractivity contribution in [2.24, 2.45) is 0 Å². The number of aliphatic carboxylic acids is 1. The Labute approximate surface area is 558 Å². The van der Waals surface area contributed by atoms with Crippen molar-refractivity contribution in [3.05, 3.63) is 0 Å². The topological polar surface area (TPSA) is 708 Å². The van der Waals surface area contributed by atoms with Gasteiger partial charge in [-0.05, 0) is 0 Å². The van der Waals surface area contributed by atoms with Crippen molar-refractivity contribution in [3.63, 3.8) is 0 Å². The highest BCUT2D eigenvalue weighted by molar-refractivity contribution is 5.74. The number of carboxylic acids is 1. The summed E-state index contributed by atoms with van der Waals surface area (Å²) in [4.78, 5) is 49.8. The zero-order valence-electron chi connectivity index (χ0n) is 52.6. The fourth-order valence-electron chi connectivity index (χ4n) is 12.6. The molecule has 8 saturated heterocycles. The van der Waals surface area contributed by atoms with E-state index in [0.29, 0.717) is 0 Å². The van der Waals surface area contributed by atoms with E-state index in [2.05, 4.69) is 16.0 Å². The van der Waals surface area contributed by atoms with Gasteiger partial charge in [-0.1, -0.05) is 0 Å². The molecule has 572 valence electrons. The van der Waals surface area contributed by atoms with Gasteiger partial charge in [-0.3, -0.25) is 14.4 Å². The summed E-state index contributed by atoms with van der Waals surface area (Å²) in [5.41, 5.74) is 0. The first-order chi connectivity index (χ1) is 46.7. The van der Waals surface area contributed by atoms with Gasteiger partial charge in [0.15, 0.2) is 56.4 Å². The predicted octanol–water partition coefficient (Wildman–Crippen LogP) is -17.9. The van der Waals surface area contributed by atoms with Gasteiger partial charge in [0, 0.05) is 20.8 Å². The summed E-state index contributed by atoms with van der Waals surface area (Å²) in [6, 6.07) is -5.49. The lowest BCUT2D eigenvalue weighted by Crippen LogP contribution is -2.71. The van der Waals surface area contributed by atoms with E-state index in [1.54, 1.807) is 0 Å². The third-order valence-electron chi connectivity index (χ3n) is 17.8. The summed E-state index contributed by atoms with van der Waals surface area (Å²) in [5.74, 6) is -4.54. The van der Waals surface area contributed by atoms with Crippen LogP contribution in [0.4, 0.5) is 0 Å². The van der Waals surface area contributed by atoms with E-state index >= 15 is 0 Å². The normalized spacial score (nSPS) is 49.1. The Morgan fingerprint density at radius 3 is 1.17 bits per heavy atom. The second-order valence-corrected chi connectivity index (χ2v) is 24.7. The van der Waals surface area contributed by atoms with E-state index < -0.39 is 315 Å². The molecule has 0 saturated carbocycles. The molecule has 0 aromatic carbocycles. The number of carbonyl (C=O) groups excluding carboxylic acids is 3. The third kappa shape index (κ3) is 17.7. The molecule has 0 spiro atoms. The lowest BCUT2D eigenvalue weighted by atomic mass is 9.93. The van der Waals surface area contributed by atoms with Crippen molar-refractivity contribution in [1.29, 1.82) is 0 Å². The Hall–Kier alpha value is -3.60. The molecule has 45 heteroatoms. The number of aliphatic hydroxyl groups excluding tert-OH is 22. The predicted molar refractivity (Wildman–Crippen MR) is 300 cm³/mol. The highest BCUT2D eigenvalue weighted by atomic mass is 16.8. The quantitative estimate of drug-likeness (QED) is 0.0404. The Morgan fingerprint density at radius 2 is 0.636 bits per heavy atom. The minimum Gasteiger partial charge on any atom is -0.479 e. The van der Waals surface area contributed by atoms with E-state index in [4.69, 9.17) is 71.1 Å². The van der Waals surface area contributed by atoms with Crippen LogP contribution >= 0.6 is 0 Å².